The van der Waals surface area contributed by atoms with Crippen LogP contribution in [0.5, 0.6) is 0 Å². The Morgan fingerprint density at radius 3 is 2.33 bits per heavy atom. The van der Waals surface area contributed by atoms with Crippen LogP contribution < -0.4 is 0 Å². The molecule has 18 heavy (non-hydrogen) atoms. The highest BCUT2D eigenvalue weighted by molar-refractivity contribution is 5.75. The lowest BCUT2D eigenvalue weighted by atomic mass is 9.77. The van der Waals surface area contributed by atoms with Crippen LogP contribution in [-0.2, 0) is 9.53 Å². The summed E-state index contributed by atoms with van der Waals surface area (Å²) in [6, 6.07) is -0.116. The summed E-state index contributed by atoms with van der Waals surface area (Å²) in [5.41, 5.74) is -1.26. The smallest absolute Gasteiger partial charge is 0.410 e. The van der Waals surface area contributed by atoms with Crippen molar-refractivity contribution in [2.45, 2.75) is 59.1 Å². The second kappa shape index (κ2) is 4.78. The van der Waals surface area contributed by atoms with Crippen molar-refractivity contribution in [2.24, 2.45) is 5.41 Å². The molecule has 2 atom stereocenters. The van der Waals surface area contributed by atoms with E-state index in [1.54, 1.807) is 11.8 Å². The monoisotopic (exact) mass is 257 g/mol. The first kappa shape index (κ1) is 14.8. The first-order valence-electron chi connectivity index (χ1n) is 6.28. The van der Waals surface area contributed by atoms with E-state index in [2.05, 4.69) is 0 Å². The number of likely N-dealkylation sites (tertiary alicyclic amines) is 1. The lowest BCUT2D eigenvalue weighted by molar-refractivity contribution is -0.151. The molecule has 0 saturated carbocycles. The summed E-state index contributed by atoms with van der Waals surface area (Å²) in [5, 5.41) is 9.19. The number of carbonyl (C=O) groups excluding carboxylic acids is 1. The molecule has 1 heterocycles. The molecule has 0 aliphatic carbocycles. The number of aliphatic carboxylic acids is 1. The number of ether oxygens (including phenoxy) is 1. The van der Waals surface area contributed by atoms with E-state index in [0.717, 1.165) is 0 Å². The number of rotatable bonds is 1. The minimum Gasteiger partial charge on any atom is -0.481 e. The molecule has 5 nitrogen and oxygen atoms in total. The van der Waals surface area contributed by atoms with Gasteiger partial charge in [-0.1, -0.05) is 0 Å². The number of amides is 1. The number of carboxylic acid groups (broad SMARTS) is 1. The Balaban J connectivity index is 2.68. The van der Waals surface area contributed by atoms with Crippen LogP contribution in [0.25, 0.3) is 0 Å². The van der Waals surface area contributed by atoms with Crippen LogP contribution in [0.4, 0.5) is 4.79 Å². The second-order valence-electron chi connectivity index (χ2n) is 6.34. The van der Waals surface area contributed by atoms with Gasteiger partial charge in [-0.25, -0.2) is 4.79 Å². The normalized spacial score (nSPS) is 28.9. The van der Waals surface area contributed by atoms with Crippen LogP contribution in [0.15, 0.2) is 0 Å². The molecule has 2 unspecified atom stereocenters. The molecule has 0 spiro atoms. The summed E-state index contributed by atoms with van der Waals surface area (Å²) in [6.45, 7) is 9.49. The van der Waals surface area contributed by atoms with Crippen LogP contribution in [-0.4, -0.2) is 40.3 Å². The van der Waals surface area contributed by atoms with E-state index in [-0.39, 0.29) is 12.1 Å². The van der Waals surface area contributed by atoms with Crippen LogP contribution in [0.1, 0.15) is 47.5 Å². The van der Waals surface area contributed by atoms with Crippen LogP contribution in [0.2, 0.25) is 0 Å². The highest BCUT2D eigenvalue weighted by Crippen LogP contribution is 2.35. The van der Waals surface area contributed by atoms with Crippen molar-refractivity contribution in [3.63, 3.8) is 0 Å². The molecule has 1 saturated heterocycles. The van der Waals surface area contributed by atoms with E-state index in [1.165, 1.54) is 0 Å². The SMILES string of the molecule is CC1CC(C)(C(=O)O)CCN1C(=O)OC(C)(C)C. The molecule has 0 aromatic heterocycles. The fraction of sp³-hybridized carbons (Fsp3) is 0.846. The number of hydrogen-bond donors (Lipinski definition) is 1. The van der Waals surface area contributed by atoms with Crippen LogP contribution >= 0.6 is 0 Å². The van der Waals surface area contributed by atoms with Gasteiger partial charge in [-0.05, 0) is 47.5 Å². The Morgan fingerprint density at radius 1 is 1.39 bits per heavy atom. The molecule has 0 aromatic rings. The quantitative estimate of drug-likeness (QED) is 0.783. The second-order valence-corrected chi connectivity index (χ2v) is 6.34. The Kier molecular flexibility index (Phi) is 3.93. The molecular formula is C13H23NO4. The molecule has 1 rings (SSSR count). The number of nitrogens with zero attached hydrogens (tertiary/aromatic N) is 1. The Bertz CT molecular complexity index is 347. The van der Waals surface area contributed by atoms with E-state index >= 15 is 0 Å². The molecule has 0 radical (unpaired) electrons. The van der Waals surface area contributed by atoms with E-state index in [9.17, 15) is 14.7 Å². The van der Waals surface area contributed by atoms with Gasteiger partial charge in [0.15, 0.2) is 0 Å². The van der Waals surface area contributed by atoms with Gasteiger partial charge in [0, 0.05) is 12.6 Å². The Hall–Kier alpha value is -1.26. The van der Waals surface area contributed by atoms with Gasteiger partial charge < -0.3 is 14.7 Å². The topological polar surface area (TPSA) is 66.8 Å². The fourth-order valence-corrected chi connectivity index (χ4v) is 2.24. The minimum atomic E-state index is -0.793. The van der Waals surface area contributed by atoms with Crippen molar-refractivity contribution in [3.8, 4) is 0 Å². The van der Waals surface area contributed by atoms with Gasteiger partial charge in [-0.15, -0.1) is 0 Å². The maximum Gasteiger partial charge on any atom is 0.410 e. The van der Waals surface area contributed by atoms with Gasteiger partial charge in [0.25, 0.3) is 0 Å². The van der Waals surface area contributed by atoms with E-state index in [1.807, 2.05) is 27.7 Å². The van der Waals surface area contributed by atoms with Crippen LogP contribution in [0, 0.1) is 5.41 Å². The van der Waals surface area contributed by atoms with Crippen LogP contribution in [0.3, 0.4) is 0 Å². The fourth-order valence-electron chi connectivity index (χ4n) is 2.24. The van der Waals surface area contributed by atoms with Gasteiger partial charge in [0.2, 0.25) is 0 Å². The summed E-state index contributed by atoms with van der Waals surface area (Å²) < 4.78 is 5.32. The summed E-state index contributed by atoms with van der Waals surface area (Å²) in [7, 11) is 0. The molecular weight excluding hydrogens is 234 g/mol. The molecule has 5 heteroatoms. The summed E-state index contributed by atoms with van der Waals surface area (Å²) in [6.07, 6.45) is 0.565. The van der Waals surface area contributed by atoms with Crippen molar-refractivity contribution < 1.29 is 19.4 Å². The zero-order chi connectivity index (χ0) is 14.1. The Labute approximate surface area is 108 Å². The standard InChI is InChI=1S/C13H23NO4/c1-9-8-13(5,10(15)16)6-7-14(9)11(17)18-12(2,3)4/h9H,6-8H2,1-5H3,(H,15,16). The number of carbonyl (C=O) groups is 2. The molecule has 1 N–H and O–H groups in total. The molecule has 1 aliphatic heterocycles. The molecule has 0 bridgehead atoms. The third kappa shape index (κ3) is 3.37. The molecule has 104 valence electrons. The zero-order valence-corrected chi connectivity index (χ0v) is 11.8. The summed E-state index contributed by atoms with van der Waals surface area (Å²) >= 11 is 0. The maximum absolute atomic E-state index is 12.0. The van der Waals surface area contributed by atoms with Gasteiger partial charge in [0.05, 0.1) is 5.41 Å². The van der Waals surface area contributed by atoms with E-state index < -0.39 is 17.0 Å². The van der Waals surface area contributed by atoms with Crippen molar-refractivity contribution >= 4 is 12.1 Å². The number of carboxylic acids is 1. The predicted molar refractivity (Wildman–Crippen MR) is 67.4 cm³/mol. The van der Waals surface area contributed by atoms with E-state index in [0.29, 0.717) is 19.4 Å². The molecule has 1 fully saturated rings. The molecule has 1 amide bonds. The van der Waals surface area contributed by atoms with Gasteiger partial charge >= 0.3 is 12.1 Å². The van der Waals surface area contributed by atoms with Crippen molar-refractivity contribution in [1.29, 1.82) is 0 Å². The average Bonchev–Trinajstić information content (AvgIpc) is 2.13. The molecule has 0 aromatic carbocycles. The number of hydrogen-bond acceptors (Lipinski definition) is 3. The summed E-state index contributed by atoms with van der Waals surface area (Å²) in [4.78, 5) is 24.8. The first-order chi connectivity index (χ1) is 8.05. The highest BCUT2D eigenvalue weighted by atomic mass is 16.6. The van der Waals surface area contributed by atoms with Gasteiger partial charge in [0.1, 0.15) is 5.60 Å². The third-order valence-electron chi connectivity index (χ3n) is 3.33. The van der Waals surface area contributed by atoms with Crippen molar-refractivity contribution in [3.05, 3.63) is 0 Å². The third-order valence-corrected chi connectivity index (χ3v) is 3.33. The van der Waals surface area contributed by atoms with E-state index in [4.69, 9.17) is 4.74 Å². The lowest BCUT2D eigenvalue weighted by Crippen LogP contribution is -2.51. The van der Waals surface area contributed by atoms with Gasteiger partial charge in [-0.2, -0.15) is 0 Å². The minimum absolute atomic E-state index is 0.116. The first-order valence-corrected chi connectivity index (χ1v) is 6.28. The average molecular weight is 257 g/mol. The zero-order valence-electron chi connectivity index (χ0n) is 11.8. The highest BCUT2D eigenvalue weighted by Gasteiger charge is 2.42. The summed E-state index contributed by atoms with van der Waals surface area (Å²) in [5.74, 6) is -0.793. The molecule has 1 aliphatic rings. The Morgan fingerprint density at radius 2 is 1.94 bits per heavy atom. The van der Waals surface area contributed by atoms with Crippen molar-refractivity contribution in [1.82, 2.24) is 4.90 Å². The number of piperidine rings is 1. The maximum atomic E-state index is 12.0. The predicted octanol–water partition coefficient (Wildman–Crippen LogP) is 2.50. The van der Waals surface area contributed by atoms with Crippen molar-refractivity contribution in [2.75, 3.05) is 6.54 Å². The largest absolute Gasteiger partial charge is 0.481 e. The van der Waals surface area contributed by atoms with Gasteiger partial charge in [-0.3, -0.25) is 4.79 Å². The lowest BCUT2D eigenvalue weighted by Gasteiger charge is -2.41.